The van der Waals surface area contributed by atoms with E-state index >= 15 is 0 Å². The zero-order chi connectivity index (χ0) is 11.1. The van der Waals surface area contributed by atoms with Crippen LogP contribution in [0.3, 0.4) is 0 Å². The summed E-state index contributed by atoms with van der Waals surface area (Å²) in [6, 6.07) is 12.2. The lowest BCUT2D eigenvalue weighted by atomic mass is 10.1. The van der Waals surface area contributed by atoms with Crippen molar-refractivity contribution in [2.45, 2.75) is 11.5 Å². The number of thiol groups is 1. The molecule has 0 saturated heterocycles. The summed E-state index contributed by atoms with van der Waals surface area (Å²) in [5.74, 6) is 0. The van der Waals surface area contributed by atoms with Crippen LogP contribution in [0.15, 0.2) is 41.3 Å². The largest absolute Gasteiger partial charge is 0.392 e. The molecule has 0 aliphatic rings. The Hall–Kier alpha value is -1.03. The van der Waals surface area contributed by atoms with Gasteiger partial charge in [0, 0.05) is 25.1 Å². The molecule has 1 N–H and O–H groups in total. The molecule has 3 rings (SSSR count). The normalized spacial score (nSPS) is 11.4. The van der Waals surface area contributed by atoms with Crippen LogP contribution in [0.25, 0.3) is 20.2 Å². The average molecular weight is 246 g/mol. The Bertz CT molecular complexity index is 670. The van der Waals surface area contributed by atoms with Crippen molar-refractivity contribution in [3.05, 3.63) is 42.0 Å². The average Bonchev–Trinajstić information content (AvgIpc) is 2.69. The number of hydrogen-bond acceptors (Lipinski definition) is 3. The van der Waals surface area contributed by atoms with Gasteiger partial charge in [0.15, 0.2) is 0 Å². The molecule has 0 bridgehead atoms. The van der Waals surface area contributed by atoms with Crippen molar-refractivity contribution in [1.82, 2.24) is 0 Å². The summed E-state index contributed by atoms with van der Waals surface area (Å²) in [6.07, 6.45) is 0. The van der Waals surface area contributed by atoms with E-state index in [0.717, 1.165) is 10.5 Å². The van der Waals surface area contributed by atoms with Gasteiger partial charge in [-0.1, -0.05) is 30.3 Å². The van der Waals surface area contributed by atoms with Crippen LogP contribution in [0.5, 0.6) is 0 Å². The Balaban J connectivity index is 2.55. The minimum Gasteiger partial charge on any atom is -0.392 e. The van der Waals surface area contributed by atoms with E-state index < -0.39 is 0 Å². The molecule has 3 heteroatoms. The first-order valence-corrected chi connectivity index (χ1v) is 6.30. The zero-order valence-corrected chi connectivity index (χ0v) is 10.2. The molecule has 0 unspecified atom stereocenters. The van der Waals surface area contributed by atoms with Crippen LogP contribution in [0, 0.1) is 0 Å². The maximum Gasteiger partial charge on any atom is 0.0695 e. The third kappa shape index (κ3) is 1.36. The minimum absolute atomic E-state index is 0.0894. The third-order valence-corrected chi connectivity index (χ3v) is 4.61. The molecule has 2 aromatic carbocycles. The van der Waals surface area contributed by atoms with Gasteiger partial charge in [-0.2, -0.15) is 0 Å². The fourth-order valence-electron chi connectivity index (χ4n) is 1.99. The second-order valence-corrected chi connectivity index (χ2v) is 5.21. The van der Waals surface area contributed by atoms with Crippen molar-refractivity contribution >= 4 is 44.1 Å². The topological polar surface area (TPSA) is 20.2 Å². The van der Waals surface area contributed by atoms with E-state index in [1.54, 1.807) is 11.3 Å². The Morgan fingerprint density at radius 2 is 1.69 bits per heavy atom. The van der Waals surface area contributed by atoms with E-state index in [2.05, 4.69) is 24.8 Å². The minimum atomic E-state index is 0.0894. The fourth-order valence-corrected chi connectivity index (χ4v) is 3.55. The van der Waals surface area contributed by atoms with Gasteiger partial charge in [0.05, 0.1) is 6.61 Å². The molecule has 1 heterocycles. The second-order valence-electron chi connectivity index (χ2n) is 3.71. The maximum absolute atomic E-state index is 9.32. The number of thiophene rings is 1. The maximum atomic E-state index is 9.32. The second kappa shape index (κ2) is 3.77. The van der Waals surface area contributed by atoms with Gasteiger partial charge in [-0.3, -0.25) is 0 Å². The van der Waals surface area contributed by atoms with Crippen LogP contribution in [-0.2, 0) is 6.61 Å². The predicted octanol–water partition coefficient (Wildman–Crippen LogP) is 3.84. The van der Waals surface area contributed by atoms with Gasteiger partial charge in [0.1, 0.15) is 0 Å². The van der Waals surface area contributed by atoms with Crippen LogP contribution in [0.2, 0.25) is 0 Å². The Morgan fingerprint density at radius 3 is 2.44 bits per heavy atom. The van der Waals surface area contributed by atoms with E-state index in [4.69, 9.17) is 0 Å². The molecule has 0 aliphatic carbocycles. The highest BCUT2D eigenvalue weighted by Crippen LogP contribution is 2.38. The van der Waals surface area contributed by atoms with Crippen molar-refractivity contribution in [2.24, 2.45) is 0 Å². The lowest BCUT2D eigenvalue weighted by Crippen LogP contribution is -1.80. The van der Waals surface area contributed by atoms with Crippen LogP contribution in [-0.4, -0.2) is 5.11 Å². The zero-order valence-electron chi connectivity index (χ0n) is 8.47. The van der Waals surface area contributed by atoms with E-state index in [-0.39, 0.29) is 6.61 Å². The summed E-state index contributed by atoms with van der Waals surface area (Å²) in [5, 5.41) is 11.8. The highest BCUT2D eigenvalue weighted by molar-refractivity contribution is 7.80. The molecule has 0 atom stereocenters. The summed E-state index contributed by atoms with van der Waals surface area (Å²) >= 11 is 6.18. The molecule has 0 radical (unpaired) electrons. The lowest BCUT2D eigenvalue weighted by Gasteiger charge is -1.97. The van der Waals surface area contributed by atoms with Gasteiger partial charge in [-0.05, 0) is 11.6 Å². The number of aliphatic hydroxyl groups is 1. The summed E-state index contributed by atoms with van der Waals surface area (Å²) < 4.78 is 2.36. The lowest BCUT2D eigenvalue weighted by molar-refractivity contribution is 0.283. The standard InChI is InChI=1S/C13H10OS2/c14-7-8-3-1-4-9-10-5-2-6-11(15)13(10)16-12(8)9/h1-6,14-15H,7H2. The number of rotatable bonds is 1. The van der Waals surface area contributed by atoms with Gasteiger partial charge >= 0.3 is 0 Å². The summed E-state index contributed by atoms with van der Waals surface area (Å²) in [6.45, 7) is 0.0894. The van der Waals surface area contributed by atoms with Crippen molar-refractivity contribution in [1.29, 1.82) is 0 Å². The van der Waals surface area contributed by atoms with Crippen LogP contribution >= 0.6 is 24.0 Å². The predicted molar refractivity (Wildman–Crippen MR) is 72.5 cm³/mol. The molecule has 1 nitrogen and oxygen atoms in total. The van der Waals surface area contributed by atoms with Crippen LogP contribution in [0.4, 0.5) is 0 Å². The summed E-state index contributed by atoms with van der Waals surface area (Å²) in [5.41, 5.74) is 0.992. The van der Waals surface area contributed by atoms with Gasteiger partial charge in [0.2, 0.25) is 0 Å². The highest BCUT2D eigenvalue weighted by Gasteiger charge is 2.09. The van der Waals surface area contributed by atoms with Gasteiger partial charge in [-0.25, -0.2) is 0 Å². The van der Waals surface area contributed by atoms with Crippen molar-refractivity contribution in [2.75, 3.05) is 0 Å². The number of benzene rings is 2. The van der Waals surface area contributed by atoms with Crippen molar-refractivity contribution in [3.8, 4) is 0 Å². The Labute approximate surface area is 103 Å². The molecule has 0 saturated carbocycles. The SMILES string of the molecule is OCc1cccc2c1sc1c(S)cccc12. The van der Waals surface area contributed by atoms with Gasteiger partial charge < -0.3 is 5.11 Å². The molecule has 1 aromatic heterocycles. The molecule has 0 spiro atoms. The Morgan fingerprint density at radius 1 is 1.00 bits per heavy atom. The van der Waals surface area contributed by atoms with E-state index in [1.807, 2.05) is 24.3 Å². The molecular formula is C13H10OS2. The van der Waals surface area contributed by atoms with Crippen molar-refractivity contribution < 1.29 is 5.11 Å². The first-order valence-electron chi connectivity index (χ1n) is 5.04. The fraction of sp³-hybridized carbons (Fsp3) is 0.0769. The third-order valence-electron chi connectivity index (χ3n) is 2.76. The first kappa shape index (κ1) is 10.1. The number of hydrogen-bond donors (Lipinski definition) is 2. The molecule has 0 aliphatic heterocycles. The quantitative estimate of drug-likeness (QED) is 0.625. The van der Waals surface area contributed by atoms with Crippen LogP contribution in [0.1, 0.15) is 5.56 Å². The van der Waals surface area contributed by atoms with Crippen LogP contribution < -0.4 is 0 Å². The van der Waals surface area contributed by atoms with E-state index in [9.17, 15) is 5.11 Å². The molecular weight excluding hydrogens is 236 g/mol. The van der Waals surface area contributed by atoms with E-state index in [1.165, 1.54) is 20.2 Å². The Kier molecular flexibility index (Phi) is 2.39. The summed E-state index contributed by atoms with van der Waals surface area (Å²) in [7, 11) is 0. The smallest absolute Gasteiger partial charge is 0.0695 e. The van der Waals surface area contributed by atoms with Gasteiger partial charge in [0.25, 0.3) is 0 Å². The molecule has 80 valence electrons. The molecule has 16 heavy (non-hydrogen) atoms. The van der Waals surface area contributed by atoms with Gasteiger partial charge in [-0.15, -0.1) is 24.0 Å². The highest BCUT2D eigenvalue weighted by atomic mass is 32.1. The van der Waals surface area contributed by atoms with E-state index in [0.29, 0.717) is 0 Å². The monoisotopic (exact) mass is 246 g/mol. The molecule has 0 fully saturated rings. The number of fused-ring (bicyclic) bond motifs is 3. The summed E-state index contributed by atoms with van der Waals surface area (Å²) in [4.78, 5) is 1.00. The molecule has 0 amide bonds. The first-order chi connectivity index (χ1) is 7.81. The number of aliphatic hydroxyl groups excluding tert-OH is 1. The molecule has 3 aromatic rings. The van der Waals surface area contributed by atoms with Crippen molar-refractivity contribution in [3.63, 3.8) is 0 Å².